The van der Waals surface area contributed by atoms with E-state index in [0.717, 1.165) is 37.3 Å². The van der Waals surface area contributed by atoms with Gasteiger partial charge in [0, 0.05) is 12.3 Å². The van der Waals surface area contributed by atoms with Gasteiger partial charge in [0.1, 0.15) is 5.54 Å². The molecule has 0 saturated heterocycles. The van der Waals surface area contributed by atoms with Gasteiger partial charge in [-0.05, 0) is 37.8 Å². The second kappa shape index (κ2) is 18.6. The van der Waals surface area contributed by atoms with Crippen LogP contribution >= 0.6 is 11.8 Å². The van der Waals surface area contributed by atoms with E-state index in [0.29, 0.717) is 25.0 Å². The van der Waals surface area contributed by atoms with Crippen molar-refractivity contribution >= 4 is 34.6 Å². The average molecular weight is 550 g/mol. The Balaban J connectivity index is 0.00000168. The van der Waals surface area contributed by atoms with E-state index in [1.807, 2.05) is 44.3 Å². The predicted octanol–water partition coefficient (Wildman–Crippen LogP) is 3.37. The number of rotatable bonds is 12. The van der Waals surface area contributed by atoms with Gasteiger partial charge in [-0.2, -0.15) is 0 Å². The first-order valence-corrected chi connectivity index (χ1v) is 14.5. The Morgan fingerprint density at radius 3 is 2.29 bits per heavy atom. The minimum absolute atomic E-state index is 0.201. The quantitative estimate of drug-likeness (QED) is 0.103. The van der Waals surface area contributed by atoms with Gasteiger partial charge in [0.05, 0.1) is 12.5 Å². The van der Waals surface area contributed by atoms with Crippen LogP contribution in [0, 0.1) is 5.92 Å². The fourth-order valence-electron chi connectivity index (χ4n) is 3.95. The Bertz CT molecular complexity index is 870. The molecule has 2 rings (SSSR count). The molecule has 0 aromatic heterocycles. The highest BCUT2D eigenvalue weighted by Crippen LogP contribution is 2.29. The van der Waals surface area contributed by atoms with Gasteiger partial charge in [-0.3, -0.25) is 14.4 Å². The van der Waals surface area contributed by atoms with Crippen LogP contribution in [0.25, 0.3) is 0 Å². The number of nitrogens with one attached hydrogen (secondary N) is 3. The molecule has 0 aliphatic heterocycles. The molecule has 5 N–H and O–H groups in total. The monoisotopic (exact) mass is 549 g/mol. The summed E-state index contributed by atoms with van der Waals surface area (Å²) in [5, 5.41) is 12.7. The lowest BCUT2D eigenvalue weighted by atomic mass is 9.80. The zero-order valence-electron chi connectivity index (χ0n) is 23.7. The molecule has 1 aromatic rings. The lowest BCUT2D eigenvalue weighted by molar-refractivity contribution is -0.137. The zero-order chi connectivity index (χ0) is 28.4. The van der Waals surface area contributed by atoms with E-state index in [1.165, 1.54) is 11.8 Å². The molecule has 1 saturated carbocycles. The number of nitrogens with zero attached hydrogens (tertiary/aromatic N) is 1. The number of ether oxygens (including phenoxy) is 1. The number of ketones is 1. The van der Waals surface area contributed by atoms with Crippen molar-refractivity contribution in [1.82, 2.24) is 16.0 Å². The summed E-state index contributed by atoms with van der Waals surface area (Å²) in [6.45, 7) is 8.82. The summed E-state index contributed by atoms with van der Waals surface area (Å²) in [7, 11) is 1.84. The summed E-state index contributed by atoms with van der Waals surface area (Å²) in [5.41, 5.74) is -0.124. The standard InChI is InChI=1S/C24H37N5O4S.C4H10/c1-3-19(20(30)17-33-23(29-25)34-15-14-26-2)27-22(32)24(12-8-5-9-13-24)28-21(31)16-18-10-6-4-7-11-18;1-4(2)3/h4,6-7,10-11,19,26H,3,5,8-9,12-17,25H2,1-2H3,(H,27,32)(H,28,31);4H,1-3H3/b29-23+;. The Morgan fingerprint density at radius 2 is 1.74 bits per heavy atom. The normalized spacial score (nSPS) is 15.6. The maximum atomic E-state index is 13.4. The number of thioether (sulfide) groups is 1. The van der Waals surface area contributed by atoms with E-state index < -0.39 is 11.6 Å². The van der Waals surface area contributed by atoms with Crippen LogP contribution in [0.5, 0.6) is 0 Å². The van der Waals surface area contributed by atoms with Gasteiger partial charge in [-0.25, -0.2) is 0 Å². The number of amides is 2. The summed E-state index contributed by atoms with van der Waals surface area (Å²) >= 11 is 1.30. The molecule has 0 spiro atoms. The van der Waals surface area contributed by atoms with E-state index in [2.05, 4.69) is 41.8 Å². The van der Waals surface area contributed by atoms with Gasteiger partial charge in [0.2, 0.25) is 11.8 Å². The highest BCUT2D eigenvalue weighted by Gasteiger charge is 2.42. The molecule has 9 nitrogen and oxygen atoms in total. The van der Waals surface area contributed by atoms with Crippen molar-refractivity contribution in [2.24, 2.45) is 16.9 Å². The first kappa shape index (κ1) is 33.4. The van der Waals surface area contributed by atoms with Crippen molar-refractivity contribution in [2.45, 2.75) is 84.2 Å². The summed E-state index contributed by atoms with van der Waals surface area (Å²) in [5.74, 6) is 6.09. The number of hydrogen-bond donors (Lipinski definition) is 4. The third-order valence-electron chi connectivity index (χ3n) is 5.85. The van der Waals surface area contributed by atoms with E-state index >= 15 is 0 Å². The molecule has 38 heavy (non-hydrogen) atoms. The largest absolute Gasteiger partial charge is 0.464 e. The van der Waals surface area contributed by atoms with Crippen LogP contribution in [0.1, 0.15) is 71.8 Å². The molecule has 0 radical (unpaired) electrons. The zero-order valence-corrected chi connectivity index (χ0v) is 24.5. The summed E-state index contributed by atoms with van der Waals surface area (Å²) < 4.78 is 5.46. The lowest BCUT2D eigenvalue weighted by Gasteiger charge is -2.37. The van der Waals surface area contributed by atoms with Gasteiger partial charge in [0.15, 0.2) is 12.4 Å². The highest BCUT2D eigenvalue weighted by atomic mass is 32.2. The Labute approximate surface area is 232 Å². The molecule has 214 valence electrons. The number of hydrazone groups is 1. The van der Waals surface area contributed by atoms with Crippen LogP contribution < -0.4 is 21.8 Å². The fraction of sp³-hybridized carbons (Fsp3) is 0.643. The Morgan fingerprint density at radius 1 is 1.11 bits per heavy atom. The number of carbonyl (C=O) groups is 3. The van der Waals surface area contributed by atoms with Crippen molar-refractivity contribution < 1.29 is 19.1 Å². The third-order valence-corrected chi connectivity index (χ3v) is 6.73. The third kappa shape index (κ3) is 12.8. The topological polar surface area (TPSA) is 135 Å². The van der Waals surface area contributed by atoms with Crippen molar-refractivity contribution in [3.63, 3.8) is 0 Å². The first-order valence-electron chi connectivity index (χ1n) is 13.5. The highest BCUT2D eigenvalue weighted by molar-refractivity contribution is 8.13. The molecule has 10 heteroatoms. The van der Waals surface area contributed by atoms with Crippen molar-refractivity contribution in [1.29, 1.82) is 0 Å². The predicted molar refractivity (Wildman–Crippen MR) is 156 cm³/mol. The summed E-state index contributed by atoms with van der Waals surface area (Å²) in [6.07, 6.45) is 4.40. The maximum absolute atomic E-state index is 13.4. The number of benzene rings is 1. The molecule has 1 unspecified atom stereocenters. The Kier molecular flexibility index (Phi) is 16.4. The molecule has 1 aliphatic rings. The van der Waals surface area contributed by atoms with E-state index in [4.69, 9.17) is 10.6 Å². The van der Waals surface area contributed by atoms with Crippen LogP contribution in [-0.2, 0) is 25.5 Å². The molecule has 2 amide bonds. The maximum Gasteiger partial charge on any atom is 0.267 e. The van der Waals surface area contributed by atoms with E-state index in [9.17, 15) is 14.4 Å². The van der Waals surface area contributed by atoms with Crippen molar-refractivity contribution in [2.75, 3.05) is 26.0 Å². The molecule has 1 aromatic carbocycles. The second-order valence-corrected chi connectivity index (χ2v) is 11.2. The van der Waals surface area contributed by atoms with Gasteiger partial charge in [0.25, 0.3) is 5.23 Å². The summed E-state index contributed by atoms with van der Waals surface area (Å²) in [6, 6.07) is 8.70. The fourth-order valence-corrected chi connectivity index (χ4v) is 4.65. The van der Waals surface area contributed by atoms with Crippen molar-refractivity contribution in [3.05, 3.63) is 35.9 Å². The van der Waals surface area contributed by atoms with E-state index in [1.54, 1.807) is 0 Å². The van der Waals surface area contributed by atoms with Crippen LogP contribution in [0.15, 0.2) is 35.4 Å². The van der Waals surface area contributed by atoms with E-state index in [-0.39, 0.29) is 35.9 Å². The van der Waals surface area contributed by atoms with Crippen LogP contribution in [0.4, 0.5) is 0 Å². The first-order chi connectivity index (χ1) is 18.2. The average Bonchev–Trinajstić information content (AvgIpc) is 2.89. The van der Waals surface area contributed by atoms with Crippen LogP contribution in [0.2, 0.25) is 0 Å². The Hall–Kier alpha value is -2.59. The lowest BCUT2D eigenvalue weighted by Crippen LogP contribution is -2.62. The minimum atomic E-state index is -1.01. The molecular weight excluding hydrogens is 502 g/mol. The van der Waals surface area contributed by atoms with Gasteiger partial charge >= 0.3 is 0 Å². The molecule has 1 atom stereocenters. The minimum Gasteiger partial charge on any atom is -0.464 e. The number of hydrogen-bond acceptors (Lipinski definition) is 8. The van der Waals surface area contributed by atoms with Gasteiger partial charge in [-0.15, -0.1) is 5.10 Å². The molecule has 0 heterocycles. The number of carbonyl (C=O) groups excluding carboxylic acids is 3. The number of Topliss-reactive ketones (excluding diaryl/α,β-unsaturated/α-hetero) is 1. The van der Waals surface area contributed by atoms with Gasteiger partial charge < -0.3 is 26.5 Å². The van der Waals surface area contributed by atoms with Crippen molar-refractivity contribution in [3.8, 4) is 0 Å². The summed E-state index contributed by atoms with van der Waals surface area (Å²) in [4.78, 5) is 38.9. The van der Waals surface area contributed by atoms with Gasteiger partial charge in [-0.1, -0.05) is 89.1 Å². The molecule has 0 bridgehead atoms. The van der Waals surface area contributed by atoms with Crippen LogP contribution in [0.3, 0.4) is 0 Å². The molecular formula is C28H47N5O4S. The molecule has 1 aliphatic carbocycles. The molecule has 1 fully saturated rings. The second-order valence-electron chi connectivity index (χ2n) is 10.1. The number of nitrogens with two attached hydrogens (primary N) is 1. The smallest absolute Gasteiger partial charge is 0.267 e. The van der Waals surface area contributed by atoms with Crippen LogP contribution in [-0.4, -0.2) is 60.4 Å². The SMILES string of the molecule is CC(C)C.CCC(NC(=O)C1(NC(=O)Cc2ccccc2)CCCCC1)C(=O)CO/C(=N\N)SCCNC.